The van der Waals surface area contributed by atoms with Gasteiger partial charge in [0, 0.05) is 37.7 Å². The van der Waals surface area contributed by atoms with Crippen LogP contribution in [0, 0.1) is 0 Å². The van der Waals surface area contributed by atoms with Gasteiger partial charge in [-0.2, -0.15) is 0 Å². The third-order valence-corrected chi connectivity index (χ3v) is 4.06. The molecule has 0 aliphatic heterocycles. The number of guanidine groups is 1. The van der Waals surface area contributed by atoms with Crippen molar-refractivity contribution in [2.75, 3.05) is 26.8 Å². The molecule has 0 aliphatic rings. The van der Waals surface area contributed by atoms with E-state index in [2.05, 4.69) is 38.1 Å². The maximum atomic E-state index is 5.31. The number of thiazole rings is 1. The molecule has 0 spiro atoms. The van der Waals surface area contributed by atoms with Crippen molar-refractivity contribution in [3.05, 3.63) is 40.7 Å². The summed E-state index contributed by atoms with van der Waals surface area (Å²) in [6.07, 6.45) is 0.962. The third kappa shape index (κ3) is 6.00. The van der Waals surface area contributed by atoms with E-state index in [1.54, 1.807) is 18.4 Å². The van der Waals surface area contributed by atoms with Gasteiger partial charge in [0.2, 0.25) is 0 Å². The van der Waals surface area contributed by atoms with E-state index in [1.165, 1.54) is 0 Å². The van der Waals surface area contributed by atoms with Gasteiger partial charge in [-0.25, -0.2) is 4.98 Å². The van der Waals surface area contributed by atoms with E-state index in [4.69, 9.17) is 4.74 Å². The molecule has 5 nitrogen and oxygen atoms in total. The van der Waals surface area contributed by atoms with Gasteiger partial charge in [0.1, 0.15) is 5.01 Å². The Bertz CT molecular complexity index is 598. The van der Waals surface area contributed by atoms with Crippen molar-refractivity contribution in [2.45, 2.75) is 19.9 Å². The first-order valence-corrected chi connectivity index (χ1v) is 8.73. The SMILES string of the molecule is CCOCCCNC(=NC)NCc1nc(-c2ccccc2)cs1. The monoisotopic (exact) mass is 332 g/mol. The van der Waals surface area contributed by atoms with Crippen molar-refractivity contribution < 1.29 is 4.74 Å². The highest BCUT2D eigenvalue weighted by molar-refractivity contribution is 7.09. The second-order valence-electron chi connectivity index (χ2n) is 4.90. The summed E-state index contributed by atoms with van der Waals surface area (Å²) in [6.45, 7) is 5.05. The molecule has 2 rings (SSSR count). The van der Waals surface area contributed by atoms with Gasteiger partial charge >= 0.3 is 0 Å². The molecule has 0 saturated carbocycles. The second-order valence-corrected chi connectivity index (χ2v) is 5.84. The normalized spacial score (nSPS) is 11.5. The highest BCUT2D eigenvalue weighted by Crippen LogP contribution is 2.21. The fraction of sp³-hybridized carbons (Fsp3) is 0.412. The Labute approximate surface area is 141 Å². The first kappa shape index (κ1) is 17.4. The average Bonchev–Trinajstić information content (AvgIpc) is 3.07. The molecule has 2 aromatic rings. The molecule has 2 N–H and O–H groups in total. The molecule has 1 aromatic carbocycles. The van der Waals surface area contributed by atoms with Crippen LogP contribution < -0.4 is 10.6 Å². The quantitative estimate of drug-likeness (QED) is 0.443. The number of rotatable bonds is 8. The highest BCUT2D eigenvalue weighted by atomic mass is 32.1. The molecule has 1 heterocycles. The average molecular weight is 332 g/mol. The molecule has 0 aliphatic carbocycles. The van der Waals surface area contributed by atoms with Crippen LogP contribution in [0.25, 0.3) is 11.3 Å². The summed E-state index contributed by atoms with van der Waals surface area (Å²) < 4.78 is 5.31. The zero-order valence-corrected chi connectivity index (χ0v) is 14.5. The van der Waals surface area contributed by atoms with Crippen LogP contribution in [-0.2, 0) is 11.3 Å². The van der Waals surface area contributed by atoms with Crippen molar-refractivity contribution in [3.8, 4) is 11.3 Å². The number of nitrogens with one attached hydrogen (secondary N) is 2. The van der Waals surface area contributed by atoms with Crippen molar-refractivity contribution in [1.29, 1.82) is 0 Å². The zero-order valence-electron chi connectivity index (χ0n) is 13.7. The molecule has 0 fully saturated rings. The highest BCUT2D eigenvalue weighted by Gasteiger charge is 2.05. The molecule has 0 unspecified atom stereocenters. The Hall–Kier alpha value is -1.92. The first-order chi connectivity index (χ1) is 11.3. The second kappa shape index (κ2) is 9.97. The summed E-state index contributed by atoms with van der Waals surface area (Å²) in [5.41, 5.74) is 2.17. The molecule has 0 amide bonds. The summed E-state index contributed by atoms with van der Waals surface area (Å²) in [5.74, 6) is 0.790. The van der Waals surface area contributed by atoms with Gasteiger partial charge in [-0.3, -0.25) is 4.99 Å². The molecule has 23 heavy (non-hydrogen) atoms. The minimum absolute atomic E-state index is 0.669. The smallest absolute Gasteiger partial charge is 0.191 e. The van der Waals surface area contributed by atoms with Crippen molar-refractivity contribution >= 4 is 17.3 Å². The predicted molar refractivity (Wildman–Crippen MR) is 96.9 cm³/mol. The van der Waals surface area contributed by atoms with Crippen LogP contribution in [-0.4, -0.2) is 37.7 Å². The van der Waals surface area contributed by atoms with Gasteiger partial charge < -0.3 is 15.4 Å². The van der Waals surface area contributed by atoms with Crippen LogP contribution in [0.3, 0.4) is 0 Å². The summed E-state index contributed by atoms with van der Waals surface area (Å²) >= 11 is 1.66. The van der Waals surface area contributed by atoms with Crippen LogP contribution in [0.2, 0.25) is 0 Å². The largest absolute Gasteiger partial charge is 0.382 e. The minimum Gasteiger partial charge on any atom is -0.382 e. The van der Waals surface area contributed by atoms with E-state index < -0.39 is 0 Å². The van der Waals surface area contributed by atoms with Crippen molar-refractivity contribution in [1.82, 2.24) is 15.6 Å². The lowest BCUT2D eigenvalue weighted by atomic mass is 10.2. The third-order valence-electron chi connectivity index (χ3n) is 3.21. The van der Waals surface area contributed by atoms with Crippen LogP contribution in [0.15, 0.2) is 40.7 Å². The number of nitrogens with zero attached hydrogens (tertiary/aromatic N) is 2. The maximum absolute atomic E-state index is 5.31. The molecule has 0 bridgehead atoms. The van der Waals surface area contributed by atoms with Gasteiger partial charge in [0.05, 0.1) is 12.2 Å². The van der Waals surface area contributed by atoms with E-state index in [0.717, 1.165) is 48.4 Å². The maximum Gasteiger partial charge on any atom is 0.191 e. The Balaban J connectivity index is 1.77. The molecule has 0 atom stereocenters. The van der Waals surface area contributed by atoms with Crippen LogP contribution in [0.1, 0.15) is 18.4 Å². The van der Waals surface area contributed by atoms with Gasteiger partial charge in [-0.15, -0.1) is 11.3 Å². The molecule has 1 aromatic heterocycles. The van der Waals surface area contributed by atoms with Crippen molar-refractivity contribution in [3.63, 3.8) is 0 Å². The van der Waals surface area contributed by atoms with Crippen LogP contribution >= 0.6 is 11.3 Å². The van der Waals surface area contributed by atoms with E-state index in [0.29, 0.717) is 6.54 Å². The lowest BCUT2D eigenvalue weighted by molar-refractivity contribution is 0.145. The lowest BCUT2D eigenvalue weighted by Gasteiger charge is -2.10. The number of aromatic nitrogens is 1. The van der Waals surface area contributed by atoms with E-state index in [1.807, 2.05) is 25.1 Å². The standard InChI is InChI=1S/C17H24N4OS/c1-3-22-11-7-10-19-17(18-2)20-12-16-21-15(13-23-16)14-8-5-4-6-9-14/h4-6,8-9,13H,3,7,10-12H2,1-2H3,(H2,18,19,20). The Kier molecular flexibility index (Phi) is 7.56. The van der Waals surface area contributed by atoms with Crippen LogP contribution in [0.4, 0.5) is 0 Å². The van der Waals surface area contributed by atoms with Gasteiger partial charge in [-0.1, -0.05) is 30.3 Å². The summed E-state index contributed by atoms with van der Waals surface area (Å²) in [5, 5.41) is 9.69. The summed E-state index contributed by atoms with van der Waals surface area (Å²) in [7, 11) is 1.77. The lowest BCUT2D eigenvalue weighted by Crippen LogP contribution is -2.37. The van der Waals surface area contributed by atoms with Crippen molar-refractivity contribution in [2.24, 2.45) is 4.99 Å². The van der Waals surface area contributed by atoms with E-state index in [-0.39, 0.29) is 0 Å². The Morgan fingerprint density at radius 3 is 2.83 bits per heavy atom. The first-order valence-electron chi connectivity index (χ1n) is 7.85. The minimum atomic E-state index is 0.669. The number of hydrogen-bond acceptors (Lipinski definition) is 4. The molecule has 0 radical (unpaired) electrons. The van der Waals surface area contributed by atoms with Gasteiger partial charge in [-0.05, 0) is 13.3 Å². The Morgan fingerprint density at radius 1 is 1.26 bits per heavy atom. The van der Waals surface area contributed by atoms with Gasteiger partial charge in [0.25, 0.3) is 0 Å². The summed E-state index contributed by atoms with van der Waals surface area (Å²) in [4.78, 5) is 8.88. The number of benzene rings is 1. The van der Waals surface area contributed by atoms with Crippen LogP contribution in [0.5, 0.6) is 0 Å². The number of hydrogen-bond donors (Lipinski definition) is 2. The summed E-state index contributed by atoms with van der Waals surface area (Å²) in [6, 6.07) is 10.2. The predicted octanol–water partition coefficient (Wildman–Crippen LogP) is 2.90. The molecule has 6 heteroatoms. The fourth-order valence-corrected chi connectivity index (χ4v) is 2.78. The molecular weight excluding hydrogens is 308 g/mol. The van der Waals surface area contributed by atoms with E-state index in [9.17, 15) is 0 Å². The topological polar surface area (TPSA) is 58.5 Å². The molecule has 0 saturated heterocycles. The number of ether oxygens (including phenoxy) is 1. The molecule has 124 valence electrons. The Morgan fingerprint density at radius 2 is 2.09 bits per heavy atom. The zero-order chi connectivity index (χ0) is 16.3. The number of aliphatic imine (C=N–C) groups is 1. The van der Waals surface area contributed by atoms with E-state index >= 15 is 0 Å². The molecular formula is C17H24N4OS. The fourth-order valence-electron chi connectivity index (χ4n) is 2.04. The van der Waals surface area contributed by atoms with Gasteiger partial charge in [0.15, 0.2) is 5.96 Å².